The molecule has 13 heteroatoms. The van der Waals surface area contributed by atoms with Gasteiger partial charge in [-0.2, -0.15) is 13.2 Å². The van der Waals surface area contributed by atoms with E-state index in [-0.39, 0.29) is 25.2 Å². The highest BCUT2D eigenvalue weighted by atomic mass is 19.4. The van der Waals surface area contributed by atoms with Crippen molar-refractivity contribution >= 4 is 23.3 Å². The number of halogens is 5. The minimum Gasteiger partial charge on any atom is -0.478 e. The summed E-state index contributed by atoms with van der Waals surface area (Å²) in [5, 5.41) is 11.5. The zero-order chi connectivity index (χ0) is 25.5. The van der Waals surface area contributed by atoms with Gasteiger partial charge >= 0.3 is 12.1 Å². The van der Waals surface area contributed by atoms with Gasteiger partial charge in [-0.1, -0.05) is 0 Å². The zero-order valence-corrected chi connectivity index (χ0v) is 18.3. The number of nitrogens with one attached hydrogen (secondary N) is 1. The molecule has 0 unspecified atom stereocenters. The van der Waals surface area contributed by atoms with Gasteiger partial charge in [-0.05, 0) is 37.1 Å². The van der Waals surface area contributed by atoms with Gasteiger partial charge in [-0.15, -0.1) is 0 Å². The van der Waals surface area contributed by atoms with Crippen LogP contribution in [-0.4, -0.2) is 50.6 Å². The van der Waals surface area contributed by atoms with Crippen molar-refractivity contribution in [1.29, 1.82) is 0 Å². The molecule has 186 valence electrons. The van der Waals surface area contributed by atoms with Crippen LogP contribution in [0.15, 0.2) is 41.5 Å². The molecule has 3 aromatic heterocycles. The summed E-state index contributed by atoms with van der Waals surface area (Å²) in [6, 6.07) is 2.02. The first-order valence-corrected chi connectivity index (χ1v) is 10.5. The Kier molecular flexibility index (Phi) is 6.11. The maximum absolute atomic E-state index is 14.3. The van der Waals surface area contributed by atoms with Gasteiger partial charge in [0.1, 0.15) is 22.8 Å². The molecule has 1 saturated heterocycles. The van der Waals surface area contributed by atoms with E-state index in [0.29, 0.717) is 5.56 Å². The number of hydrogen-bond acceptors (Lipinski definition) is 6. The summed E-state index contributed by atoms with van der Waals surface area (Å²) >= 11 is 0. The Balaban J connectivity index is 1.89. The Morgan fingerprint density at radius 2 is 2.03 bits per heavy atom. The van der Waals surface area contributed by atoms with Gasteiger partial charge in [0.25, 0.3) is 11.5 Å². The van der Waals surface area contributed by atoms with Gasteiger partial charge in [0.15, 0.2) is 6.04 Å². The van der Waals surface area contributed by atoms with Crippen LogP contribution in [0.1, 0.15) is 40.4 Å². The number of aromatic nitrogens is 3. The predicted molar refractivity (Wildman–Crippen MR) is 116 cm³/mol. The van der Waals surface area contributed by atoms with E-state index in [1.165, 1.54) is 24.1 Å². The molecule has 0 aliphatic carbocycles. The minimum absolute atomic E-state index is 0.124. The van der Waals surface area contributed by atoms with Gasteiger partial charge < -0.3 is 15.3 Å². The third kappa shape index (κ3) is 5.03. The second-order valence-electron chi connectivity index (χ2n) is 8.32. The third-order valence-corrected chi connectivity index (χ3v) is 5.59. The number of hydrogen-bond donors (Lipinski definition) is 2. The SMILES string of the molecule is Cc1cc([C@H](Nc2ncccc2C(=O)O)C(F)(F)F)c2nc(N3CCCC(F)(F)C3)cc(=O)n2c1. The number of carbonyl (C=O) groups is 1. The van der Waals surface area contributed by atoms with Crippen LogP contribution in [0.5, 0.6) is 0 Å². The van der Waals surface area contributed by atoms with E-state index < -0.39 is 58.8 Å². The zero-order valence-electron chi connectivity index (χ0n) is 18.3. The molecule has 1 aliphatic heterocycles. The van der Waals surface area contributed by atoms with Crippen LogP contribution in [0.4, 0.5) is 33.6 Å². The highest BCUT2D eigenvalue weighted by molar-refractivity contribution is 5.93. The Morgan fingerprint density at radius 1 is 1.29 bits per heavy atom. The second kappa shape index (κ2) is 8.78. The number of aromatic carboxylic acids is 1. The first kappa shape index (κ1) is 24.4. The fourth-order valence-corrected chi connectivity index (χ4v) is 4.06. The lowest BCUT2D eigenvalue weighted by Crippen LogP contribution is -2.43. The molecular weight excluding hydrogens is 477 g/mol. The number of rotatable bonds is 5. The molecule has 4 heterocycles. The van der Waals surface area contributed by atoms with E-state index in [9.17, 15) is 36.6 Å². The average molecular weight is 497 g/mol. The van der Waals surface area contributed by atoms with Crippen LogP contribution in [0.25, 0.3) is 5.65 Å². The van der Waals surface area contributed by atoms with Gasteiger partial charge in [-0.3, -0.25) is 9.20 Å². The van der Waals surface area contributed by atoms with Crippen LogP contribution in [-0.2, 0) is 0 Å². The summed E-state index contributed by atoms with van der Waals surface area (Å²) in [7, 11) is 0. The van der Waals surface area contributed by atoms with Gasteiger partial charge in [-0.25, -0.2) is 23.5 Å². The number of fused-ring (bicyclic) bond motifs is 1. The van der Waals surface area contributed by atoms with Crippen molar-refractivity contribution in [3.63, 3.8) is 0 Å². The lowest BCUT2D eigenvalue weighted by Gasteiger charge is -2.33. The summed E-state index contributed by atoms with van der Waals surface area (Å²) in [5.74, 6) is -5.21. The van der Waals surface area contributed by atoms with E-state index in [4.69, 9.17) is 0 Å². The molecule has 4 rings (SSSR count). The molecular formula is C22H20F5N5O3. The fraction of sp³-hybridized carbons (Fsp3) is 0.364. The van der Waals surface area contributed by atoms with Crippen LogP contribution >= 0.6 is 0 Å². The number of anilines is 2. The van der Waals surface area contributed by atoms with Gasteiger partial charge in [0.05, 0.1) is 6.54 Å². The molecule has 1 atom stereocenters. The minimum atomic E-state index is -4.96. The first-order chi connectivity index (χ1) is 16.4. The van der Waals surface area contributed by atoms with Crippen molar-refractivity contribution in [3.8, 4) is 0 Å². The quantitative estimate of drug-likeness (QED) is 0.513. The molecule has 1 fully saturated rings. The maximum Gasteiger partial charge on any atom is 0.412 e. The molecule has 0 bridgehead atoms. The monoisotopic (exact) mass is 497 g/mol. The fourth-order valence-electron chi connectivity index (χ4n) is 4.06. The van der Waals surface area contributed by atoms with Crippen LogP contribution in [0.2, 0.25) is 0 Å². The molecule has 0 aromatic carbocycles. The molecule has 8 nitrogen and oxygen atoms in total. The summed E-state index contributed by atoms with van der Waals surface area (Å²) in [6.45, 7) is 0.926. The Hall–Kier alpha value is -3.77. The topological polar surface area (TPSA) is 99.8 Å². The third-order valence-electron chi connectivity index (χ3n) is 5.59. The summed E-state index contributed by atoms with van der Waals surface area (Å²) in [6.07, 6.45) is -2.75. The summed E-state index contributed by atoms with van der Waals surface area (Å²) in [4.78, 5) is 33.4. The number of carboxylic acids is 1. The average Bonchev–Trinajstić information content (AvgIpc) is 2.76. The normalized spacial score (nSPS) is 16.8. The van der Waals surface area contributed by atoms with E-state index in [1.807, 2.05) is 0 Å². The lowest BCUT2D eigenvalue weighted by atomic mass is 10.0. The molecule has 0 saturated carbocycles. The molecule has 0 spiro atoms. The van der Waals surface area contributed by atoms with Crippen molar-refractivity contribution in [2.75, 3.05) is 23.3 Å². The molecule has 1 aliphatic rings. The summed E-state index contributed by atoms with van der Waals surface area (Å²) < 4.78 is 71.6. The molecule has 0 amide bonds. The molecule has 35 heavy (non-hydrogen) atoms. The Bertz CT molecular complexity index is 1340. The largest absolute Gasteiger partial charge is 0.478 e. The number of aryl methyl sites for hydroxylation is 1. The van der Waals surface area contributed by atoms with Crippen molar-refractivity contribution in [2.45, 2.75) is 37.9 Å². The second-order valence-corrected chi connectivity index (χ2v) is 8.32. The van der Waals surface area contributed by atoms with Crippen molar-refractivity contribution in [2.24, 2.45) is 0 Å². The van der Waals surface area contributed by atoms with Crippen molar-refractivity contribution in [3.05, 3.63) is 63.7 Å². The number of carboxylic acid groups (broad SMARTS) is 1. The number of pyridine rings is 2. The predicted octanol–water partition coefficient (Wildman–Crippen LogP) is 4.05. The van der Waals surface area contributed by atoms with E-state index in [2.05, 4.69) is 15.3 Å². The Labute approximate surface area is 195 Å². The van der Waals surface area contributed by atoms with Crippen LogP contribution < -0.4 is 15.8 Å². The Morgan fingerprint density at radius 3 is 2.69 bits per heavy atom. The van der Waals surface area contributed by atoms with Gasteiger partial charge in [0.2, 0.25) is 0 Å². The summed E-state index contributed by atoms with van der Waals surface area (Å²) in [5.41, 5.74) is -1.81. The van der Waals surface area contributed by atoms with E-state index >= 15 is 0 Å². The van der Waals surface area contributed by atoms with Crippen LogP contribution in [0.3, 0.4) is 0 Å². The highest BCUT2D eigenvalue weighted by Gasteiger charge is 2.43. The number of alkyl halides is 5. The van der Waals surface area contributed by atoms with Crippen molar-refractivity contribution in [1.82, 2.24) is 14.4 Å². The van der Waals surface area contributed by atoms with Gasteiger partial charge in [0, 0.05) is 37.0 Å². The highest BCUT2D eigenvalue weighted by Crippen LogP contribution is 2.38. The molecule has 0 radical (unpaired) electrons. The van der Waals surface area contributed by atoms with Crippen LogP contribution in [0, 0.1) is 6.92 Å². The smallest absolute Gasteiger partial charge is 0.412 e. The van der Waals surface area contributed by atoms with E-state index in [0.717, 1.165) is 28.8 Å². The number of piperidine rings is 1. The number of nitrogens with zero attached hydrogens (tertiary/aromatic N) is 4. The first-order valence-electron chi connectivity index (χ1n) is 10.5. The standard InChI is InChI=1S/C22H20F5N5O3/c1-12-8-14(17(22(25,26)27)30-18-13(20(34)35)4-2-6-28-18)19-29-15(9-16(33)32(19)10-12)31-7-3-5-21(23,24)11-31/h2,4,6,8-10,17H,3,5,7,11H2,1H3,(H,28,30)(H,34,35)/t17-/m0/s1. The lowest BCUT2D eigenvalue weighted by molar-refractivity contribution is -0.143. The van der Waals surface area contributed by atoms with Crippen molar-refractivity contribution < 1.29 is 31.9 Å². The molecule has 3 aromatic rings. The van der Waals surface area contributed by atoms with E-state index in [1.54, 1.807) is 0 Å². The maximum atomic E-state index is 14.3. The molecule has 2 N–H and O–H groups in total.